The van der Waals surface area contributed by atoms with Crippen LogP contribution in [0.15, 0.2) is 54.7 Å². The molecule has 1 atom stereocenters. The predicted octanol–water partition coefficient (Wildman–Crippen LogP) is 7.50. The summed E-state index contributed by atoms with van der Waals surface area (Å²) in [6.45, 7) is 3.22. The molecule has 34 heavy (non-hydrogen) atoms. The summed E-state index contributed by atoms with van der Waals surface area (Å²) in [6.07, 6.45) is 15.7. The molecule has 0 radical (unpaired) electrons. The van der Waals surface area contributed by atoms with E-state index in [9.17, 15) is 4.79 Å². The van der Waals surface area contributed by atoms with Gasteiger partial charge in [0.1, 0.15) is 0 Å². The van der Waals surface area contributed by atoms with Crippen molar-refractivity contribution >= 4 is 16.8 Å². The minimum absolute atomic E-state index is 0.0710. The molecular weight excluding hydrogens is 416 g/mol. The SMILES string of the molecule is Cc1ccc(C(CC(=O)NC2CCCCC2)c2cn(CC3CCCCC3)c3ccccc23)cc1. The minimum Gasteiger partial charge on any atom is -0.353 e. The molecule has 0 spiro atoms. The molecule has 5 rings (SSSR count). The Bertz CT molecular complexity index is 1080. The van der Waals surface area contributed by atoms with Crippen molar-refractivity contribution in [2.24, 2.45) is 5.92 Å². The Morgan fingerprint density at radius 1 is 0.912 bits per heavy atom. The maximum absolute atomic E-state index is 13.3. The highest BCUT2D eigenvalue weighted by Crippen LogP contribution is 2.36. The molecule has 2 aliphatic carbocycles. The van der Waals surface area contributed by atoms with Crippen molar-refractivity contribution in [2.45, 2.75) is 96.1 Å². The second kappa shape index (κ2) is 10.8. The third kappa shape index (κ3) is 5.40. The summed E-state index contributed by atoms with van der Waals surface area (Å²) in [5, 5.41) is 4.68. The molecule has 0 saturated heterocycles. The number of aryl methyl sites for hydroxylation is 1. The quantitative estimate of drug-likeness (QED) is 0.392. The molecule has 2 aliphatic rings. The third-order valence-corrected chi connectivity index (χ3v) is 8.21. The van der Waals surface area contributed by atoms with Crippen LogP contribution >= 0.6 is 0 Å². The van der Waals surface area contributed by atoms with Crippen molar-refractivity contribution in [1.82, 2.24) is 9.88 Å². The Morgan fingerprint density at radius 3 is 2.32 bits per heavy atom. The highest BCUT2D eigenvalue weighted by molar-refractivity contribution is 5.86. The normalized spacial score (nSPS) is 18.7. The molecular formula is C31H40N2O. The number of rotatable bonds is 7. The van der Waals surface area contributed by atoms with Crippen LogP contribution in [0.4, 0.5) is 0 Å². The first-order valence-corrected chi connectivity index (χ1v) is 13.6. The molecule has 2 fully saturated rings. The zero-order chi connectivity index (χ0) is 23.3. The van der Waals surface area contributed by atoms with Gasteiger partial charge in [-0.1, -0.05) is 86.6 Å². The number of fused-ring (bicyclic) bond motifs is 1. The van der Waals surface area contributed by atoms with Crippen molar-refractivity contribution in [3.63, 3.8) is 0 Å². The first-order valence-electron chi connectivity index (χ1n) is 13.6. The molecule has 180 valence electrons. The smallest absolute Gasteiger partial charge is 0.221 e. The molecule has 3 heteroatoms. The fourth-order valence-electron chi connectivity index (χ4n) is 6.28. The van der Waals surface area contributed by atoms with Gasteiger partial charge in [-0.3, -0.25) is 4.79 Å². The maximum Gasteiger partial charge on any atom is 0.221 e. The summed E-state index contributed by atoms with van der Waals surface area (Å²) in [5.74, 6) is 1.04. The van der Waals surface area contributed by atoms with Gasteiger partial charge >= 0.3 is 0 Å². The van der Waals surface area contributed by atoms with Crippen LogP contribution in [0.3, 0.4) is 0 Å². The lowest BCUT2D eigenvalue weighted by Crippen LogP contribution is -2.36. The number of para-hydroxylation sites is 1. The van der Waals surface area contributed by atoms with Crippen LogP contribution < -0.4 is 5.32 Å². The molecule has 3 nitrogen and oxygen atoms in total. The van der Waals surface area contributed by atoms with Crippen molar-refractivity contribution in [3.8, 4) is 0 Å². The number of hydrogen-bond acceptors (Lipinski definition) is 1. The van der Waals surface area contributed by atoms with Crippen molar-refractivity contribution < 1.29 is 4.79 Å². The van der Waals surface area contributed by atoms with Crippen LogP contribution in [0.5, 0.6) is 0 Å². The third-order valence-electron chi connectivity index (χ3n) is 8.21. The van der Waals surface area contributed by atoms with Crippen LogP contribution in [0.25, 0.3) is 10.9 Å². The Kier molecular flexibility index (Phi) is 7.37. The molecule has 2 saturated carbocycles. The van der Waals surface area contributed by atoms with Crippen LogP contribution in [0.2, 0.25) is 0 Å². The van der Waals surface area contributed by atoms with E-state index in [4.69, 9.17) is 0 Å². The highest BCUT2D eigenvalue weighted by Gasteiger charge is 2.25. The van der Waals surface area contributed by atoms with Gasteiger partial charge in [0.25, 0.3) is 0 Å². The van der Waals surface area contributed by atoms with Gasteiger partial charge < -0.3 is 9.88 Å². The van der Waals surface area contributed by atoms with E-state index in [1.807, 2.05) is 0 Å². The van der Waals surface area contributed by atoms with Crippen molar-refractivity contribution in [3.05, 3.63) is 71.4 Å². The second-order valence-electron chi connectivity index (χ2n) is 10.8. The zero-order valence-electron chi connectivity index (χ0n) is 20.8. The number of nitrogens with one attached hydrogen (secondary N) is 1. The van der Waals surface area contributed by atoms with Crippen LogP contribution in [-0.2, 0) is 11.3 Å². The molecule has 0 aliphatic heterocycles. The van der Waals surface area contributed by atoms with Gasteiger partial charge in [-0.2, -0.15) is 0 Å². The van der Waals surface area contributed by atoms with Crippen LogP contribution in [0.1, 0.15) is 93.2 Å². The summed E-state index contributed by atoms with van der Waals surface area (Å²) in [5.41, 5.74) is 5.11. The lowest BCUT2D eigenvalue weighted by atomic mass is 9.87. The number of benzene rings is 2. The van der Waals surface area contributed by atoms with Gasteiger partial charge in [0.15, 0.2) is 0 Å². The van der Waals surface area contributed by atoms with Gasteiger partial charge in [0.05, 0.1) is 0 Å². The van der Waals surface area contributed by atoms with Crippen LogP contribution in [0, 0.1) is 12.8 Å². The number of amides is 1. The molecule has 2 aromatic carbocycles. The van der Waals surface area contributed by atoms with E-state index in [0.29, 0.717) is 12.5 Å². The monoisotopic (exact) mass is 456 g/mol. The summed E-state index contributed by atoms with van der Waals surface area (Å²) in [4.78, 5) is 13.3. The Hall–Kier alpha value is -2.55. The number of hydrogen-bond donors (Lipinski definition) is 1. The van der Waals surface area contributed by atoms with Gasteiger partial charge in [-0.25, -0.2) is 0 Å². The Morgan fingerprint density at radius 2 is 1.59 bits per heavy atom. The molecule has 1 N–H and O–H groups in total. The molecule has 1 amide bonds. The van der Waals surface area contributed by atoms with Gasteiger partial charge in [0.2, 0.25) is 5.91 Å². The first-order chi connectivity index (χ1) is 16.7. The molecule has 1 unspecified atom stereocenters. The lowest BCUT2D eigenvalue weighted by Gasteiger charge is -2.24. The molecule has 1 heterocycles. The number of aromatic nitrogens is 1. The zero-order valence-corrected chi connectivity index (χ0v) is 20.8. The molecule has 3 aromatic rings. The standard InChI is InChI=1S/C31H40N2O/c1-23-16-18-25(19-17-23)28(20-31(34)32-26-12-6-3-7-13-26)29-22-33(21-24-10-4-2-5-11-24)30-15-9-8-14-27(29)30/h8-9,14-19,22,24,26,28H,2-7,10-13,20-21H2,1H3,(H,32,34). The first kappa shape index (κ1) is 23.2. The fraction of sp³-hybridized carbons (Fsp3) is 0.516. The van der Waals surface area contributed by atoms with Crippen LogP contribution in [-0.4, -0.2) is 16.5 Å². The summed E-state index contributed by atoms with van der Waals surface area (Å²) >= 11 is 0. The largest absolute Gasteiger partial charge is 0.353 e. The average molecular weight is 457 g/mol. The summed E-state index contributed by atoms with van der Waals surface area (Å²) < 4.78 is 2.49. The molecule has 0 bridgehead atoms. The maximum atomic E-state index is 13.3. The van der Waals surface area contributed by atoms with E-state index in [1.54, 1.807) is 0 Å². The van der Waals surface area contributed by atoms with E-state index >= 15 is 0 Å². The molecule has 1 aromatic heterocycles. The number of carbonyl (C=O) groups excluding carboxylic acids is 1. The van der Waals surface area contributed by atoms with E-state index < -0.39 is 0 Å². The number of nitrogens with zero attached hydrogens (tertiary/aromatic N) is 1. The van der Waals surface area contributed by atoms with Gasteiger partial charge in [-0.15, -0.1) is 0 Å². The summed E-state index contributed by atoms with van der Waals surface area (Å²) in [6, 6.07) is 18.0. The highest BCUT2D eigenvalue weighted by atomic mass is 16.1. The second-order valence-corrected chi connectivity index (χ2v) is 10.8. The minimum atomic E-state index is 0.0710. The fourth-order valence-corrected chi connectivity index (χ4v) is 6.28. The topological polar surface area (TPSA) is 34.0 Å². The van der Waals surface area contributed by atoms with Gasteiger partial charge in [0, 0.05) is 42.0 Å². The van der Waals surface area contributed by atoms with E-state index in [-0.39, 0.29) is 11.8 Å². The Balaban J connectivity index is 1.46. The Labute approximate surface area is 204 Å². The van der Waals surface area contributed by atoms with Crippen molar-refractivity contribution in [2.75, 3.05) is 0 Å². The number of carbonyl (C=O) groups is 1. The van der Waals surface area contributed by atoms with Gasteiger partial charge in [-0.05, 0) is 55.7 Å². The van der Waals surface area contributed by atoms with Crippen molar-refractivity contribution in [1.29, 1.82) is 0 Å². The van der Waals surface area contributed by atoms with E-state index in [0.717, 1.165) is 25.3 Å². The summed E-state index contributed by atoms with van der Waals surface area (Å²) in [7, 11) is 0. The van der Waals surface area contributed by atoms with E-state index in [1.165, 1.54) is 79.0 Å². The van der Waals surface area contributed by atoms with E-state index in [2.05, 4.69) is 71.5 Å². The predicted molar refractivity (Wildman–Crippen MR) is 141 cm³/mol. The lowest BCUT2D eigenvalue weighted by molar-refractivity contribution is -0.122. The average Bonchev–Trinajstić information content (AvgIpc) is 3.22.